The number of pyridine rings is 2. The Labute approximate surface area is 517 Å². The fourth-order valence-corrected chi connectivity index (χ4v) is 11.1. The van der Waals surface area contributed by atoms with E-state index < -0.39 is 0 Å². The maximum Gasteiger partial charge on any atom is 0.155 e. The summed E-state index contributed by atoms with van der Waals surface area (Å²) < 4.78 is 2.40. The van der Waals surface area contributed by atoms with E-state index in [4.69, 9.17) is 20.2 Å². The molecule has 0 atom stereocenters. The molecule has 0 saturated heterocycles. The van der Waals surface area contributed by atoms with Crippen LogP contribution in [-0.2, 0) is 55.2 Å². The first kappa shape index (κ1) is 63.7. The molecule has 2 radical (unpaired) electrons. The van der Waals surface area contributed by atoms with Crippen LogP contribution in [0.3, 0.4) is 0 Å². The number of carbonyl (C=O) groups excluding carboxylic acids is 2. The molecule has 0 unspecified atom stereocenters. The summed E-state index contributed by atoms with van der Waals surface area (Å²) in [4.78, 5) is 32.1. The molecular weight excluding hydrogens is 1410 g/mol. The minimum Gasteiger partial charge on any atom is -0.512 e. The van der Waals surface area contributed by atoms with Gasteiger partial charge in [0.1, 0.15) is 0 Å². The van der Waals surface area contributed by atoms with E-state index in [0.29, 0.717) is 0 Å². The number of aromatic nitrogens is 2. The summed E-state index contributed by atoms with van der Waals surface area (Å²) in [5.74, 6) is -0.125. The van der Waals surface area contributed by atoms with Crippen LogP contribution < -0.4 is 0 Å². The van der Waals surface area contributed by atoms with E-state index in [9.17, 15) is 9.59 Å². The summed E-state index contributed by atoms with van der Waals surface area (Å²) in [6, 6.07) is 73.4. The van der Waals surface area contributed by atoms with Crippen molar-refractivity contribution in [2.75, 3.05) is 0 Å². The number of nitrogens with zero attached hydrogens (tertiary/aromatic N) is 2. The van der Waals surface area contributed by atoms with Crippen molar-refractivity contribution < 1.29 is 60.0 Å². The van der Waals surface area contributed by atoms with Crippen molar-refractivity contribution in [3.05, 3.63) is 253 Å². The summed E-state index contributed by atoms with van der Waals surface area (Å²) in [5, 5.41) is 19.2. The van der Waals surface area contributed by atoms with Gasteiger partial charge in [-0.1, -0.05) is 160 Å². The van der Waals surface area contributed by atoms with Crippen LogP contribution in [0.5, 0.6) is 0 Å². The van der Waals surface area contributed by atoms with Crippen molar-refractivity contribution >= 4 is 54.4 Å². The zero-order valence-corrected chi connectivity index (χ0v) is 53.7. The Hall–Kier alpha value is -7.52. The van der Waals surface area contributed by atoms with Crippen molar-refractivity contribution in [1.29, 1.82) is 0 Å². The summed E-state index contributed by atoms with van der Waals surface area (Å²) in [5.41, 5.74) is 17.9. The van der Waals surface area contributed by atoms with Gasteiger partial charge in [0.25, 0.3) is 0 Å². The number of ketones is 2. The average Bonchev–Trinajstić information content (AvgIpc) is 4.16. The first-order valence-corrected chi connectivity index (χ1v) is 28.0. The third-order valence-corrected chi connectivity index (χ3v) is 15.2. The van der Waals surface area contributed by atoms with Gasteiger partial charge in [0.2, 0.25) is 0 Å². The van der Waals surface area contributed by atoms with Crippen molar-refractivity contribution in [3.8, 4) is 76.8 Å². The van der Waals surface area contributed by atoms with Gasteiger partial charge in [0.05, 0.1) is 20.9 Å². The van der Waals surface area contributed by atoms with E-state index in [1.54, 1.807) is 22.7 Å². The number of aliphatic hydroxyl groups excluding tert-OH is 2. The zero-order valence-electron chi connectivity index (χ0n) is 47.3. The summed E-state index contributed by atoms with van der Waals surface area (Å²) in [6.07, 6.45) is 6.32. The van der Waals surface area contributed by atoms with Gasteiger partial charge < -0.3 is 20.2 Å². The minimum absolute atomic E-state index is 0. The van der Waals surface area contributed by atoms with Crippen LogP contribution in [0.2, 0.25) is 0 Å². The number of hydrogen-bond donors (Lipinski definition) is 2. The van der Waals surface area contributed by atoms with Gasteiger partial charge in [-0.15, -0.1) is 93.5 Å². The second-order valence-corrected chi connectivity index (χ2v) is 22.8. The van der Waals surface area contributed by atoms with E-state index in [0.717, 1.165) is 22.5 Å². The van der Waals surface area contributed by atoms with Gasteiger partial charge in [-0.25, -0.2) is 0 Å². The molecule has 10 heteroatoms. The molecule has 11 aromatic rings. The van der Waals surface area contributed by atoms with E-state index in [1.165, 1.54) is 131 Å². The first-order chi connectivity index (χ1) is 38.4. The standard InChI is InChI=1S/C33H24NS.C29H24NS.2C5H8O2.2Ir/c1-22-8-6-9-23(2)33(22)26-16-14-25(15-17-26)31-20-29-19-30(34-21-32(29)35-31)28-13-7-12-27(18-28)24-10-4-3-5-11-24;1-29(2,3)25-14-12-21(13-15-25)27-18-24-17-26(30-19-28(24)31-27)23-11-7-10-22(16-23)20-8-5-4-6-9-20;2*1-4(6)3-5(2)7;;/h3-12,14-21H,1-2H3;4-10,12-19H,1-3H3;2*3,6H,1-2H3;;/q2*-1;;;;. The van der Waals surface area contributed by atoms with Crippen LogP contribution in [0, 0.1) is 26.0 Å². The van der Waals surface area contributed by atoms with E-state index in [2.05, 4.69) is 211 Å². The van der Waals surface area contributed by atoms with Gasteiger partial charge in [-0.05, 0) is 131 Å². The summed E-state index contributed by atoms with van der Waals surface area (Å²) in [7, 11) is 0. The average molecular weight is 1470 g/mol. The van der Waals surface area contributed by atoms with Crippen molar-refractivity contribution in [1.82, 2.24) is 9.97 Å². The number of allylic oxidation sites excluding steroid dienone is 4. The van der Waals surface area contributed by atoms with Crippen molar-refractivity contribution in [2.45, 2.75) is 67.7 Å². The number of aryl methyl sites for hydroxylation is 2. The van der Waals surface area contributed by atoms with E-state index in [-0.39, 0.29) is 68.7 Å². The second-order valence-electron chi connectivity index (χ2n) is 20.6. The van der Waals surface area contributed by atoms with Gasteiger partial charge in [-0.3, -0.25) is 9.59 Å². The SMILES string of the molecule is CC(=O)C=C(C)O.CC(=O)C=C(C)O.CC(C)(C)c1ccc(-c2cc3cc(-c4[c-]ccc(-c5ccccc5)c4)ncc3s2)cc1.Cc1cccc(C)c1-c1ccc(-c2cc3cc(-c4[c-]ccc(-c5ccccc5)c4)ncc3s2)cc1.[Ir].[Ir]. The number of hydrogen-bond acceptors (Lipinski definition) is 8. The molecule has 7 aromatic carbocycles. The molecule has 0 fully saturated rings. The Morgan fingerprint density at radius 2 is 0.854 bits per heavy atom. The minimum atomic E-state index is -0.125. The van der Waals surface area contributed by atoms with Gasteiger partial charge in [0.15, 0.2) is 11.6 Å². The van der Waals surface area contributed by atoms with Gasteiger partial charge >= 0.3 is 0 Å². The maximum atomic E-state index is 10.0. The van der Waals surface area contributed by atoms with Crippen molar-refractivity contribution in [3.63, 3.8) is 0 Å². The molecule has 2 N–H and O–H groups in total. The summed E-state index contributed by atoms with van der Waals surface area (Å²) >= 11 is 3.58. The Bertz CT molecular complexity index is 3930. The molecule has 0 amide bonds. The van der Waals surface area contributed by atoms with Crippen LogP contribution in [0.25, 0.3) is 96.9 Å². The number of aliphatic hydroxyl groups is 2. The third kappa shape index (κ3) is 17.3. The number of thiophene rings is 2. The molecule has 0 aliphatic heterocycles. The number of benzene rings is 7. The van der Waals surface area contributed by atoms with E-state index in [1.807, 2.05) is 36.7 Å². The van der Waals surface area contributed by atoms with Gasteiger partial charge in [-0.2, -0.15) is 0 Å². The number of carbonyl (C=O) groups is 2. The Morgan fingerprint density at radius 3 is 1.22 bits per heavy atom. The molecule has 0 aliphatic rings. The molecule has 4 heterocycles. The molecule has 0 spiro atoms. The molecule has 82 heavy (non-hydrogen) atoms. The molecule has 11 rings (SSSR count). The quantitative estimate of drug-likeness (QED) is 0.0848. The predicted octanol–water partition coefficient (Wildman–Crippen LogP) is 19.8. The molecule has 0 bridgehead atoms. The van der Waals surface area contributed by atoms with Crippen LogP contribution in [0.1, 0.15) is 65.2 Å². The number of fused-ring (bicyclic) bond motifs is 2. The Balaban J connectivity index is 0.000000211. The third-order valence-electron chi connectivity index (χ3n) is 13.0. The maximum absolute atomic E-state index is 10.0. The van der Waals surface area contributed by atoms with Crippen LogP contribution in [0.4, 0.5) is 0 Å². The zero-order chi connectivity index (χ0) is 56.9. The van der Waals surface area contributed by atoms with Crippen molar-refractivity contribution in [2.24, 2.45) is 0 Å². The smallest absolute Gasteiger partial charge is 0.155 e. The Morgan fingerprint density at radius 1 is 0.463 bits per heavy atom. The fourth-order valence-electron chi connectivity index (χ4n) is 9.11. The normalized spacial score (nSPS) is 11.1. The van der Waals surface area contributed by atoms with Crippen LogP contribution in [0.15, 0.2) is 224 Å². The molecule has 0 saturated carbocycles. The first-order valence-electron chi connectivity index (χ1n) is 26.4. The molecular formula is C72H64Ir2N2O4S2-2. The monoisotopic (exact) mass is 1470 g/mol. The summed E-state index contributed by atoms with van der Waals surface area (Å²) in [6.45, 7) is 16.8. The number of rotatable bonds is 9. The molecule has 6 nitrogen and oxygen atoms in total. The van der Waals surface area contributed by atoms with Gasteiger partial charge in [0, 0.05) is 74.5 Å². The molecule has 418 valence electrons. The topological polar surface area (TPSA) is 100 Å². The van der Waals surface area contributed by atoms with Crippen LogP contribution >= 0.6 is 22.7 Å². The van der Waals surface area contributed by atoms with E-state index >= 15 is 0 Å². The molecule has 4 aromatic heterocycles. The predicted molar refractivity (Wildman–Crippen MR) is 337 cm³/mol. The second kappa shape index (κ2) is 29.5. The Kier molecular flexibility index (Phi) is 22.9. The fraction of sp³-hybridized carbons (Fsp3) is 0.139. The van der Waals surface area contributed by atoms with Crippen LogP contribution in [-0.4, -0.2) is 31.7 Å². The largest absolute Gasteiger partial charge is 0.512 e. The molecule has 0 aliphatic carbocycles.